The maximum absolute atomic E-state index is 11.6. The van der Waals surface area contributed by atoms with E-state index in [9.17, 15) is 4.79 Å². The third kappa shape index (κ3) is 6.44. The van der Waals surface area contributed by atoms with Crippen molar-refractivity contribution in [3.63, 3.8) is 0 Å². The largest absolute Gasteiger partial charge is 0.396 e. The van der Waals surface area contributed by atoms with E-state index < -0.39 is 0 Å². The van der Waals surface area contributed by atoms with Crippen molar-refractivity contribution in [2.24, 2.45) is 0 Å². The topological polar surface area (TPSA) is 49.3 Å². The van der Waals surface area contributed by atoms with E-state index in [-0.39, 0.29) is 18.6 Å². The monoisotopic (exact) mass is 255 g/mol. The normalized spacial score (nSPS) is 12.4. The number of aliphatic hydroxyl groups is 1. The van der Waals surface area contributed by atoms with Crippen LogP contribution in [-0.2, 0) is 11.2 Å². The number of carbonyl (C=O) groups is 1. The summed E-state index contributed by atoms with van der Waals surface area (Å²) in [5, 5.41) is 13.7. The molecular formula is C13H21NO2S. The summed E-state index contributed by atoms with van der Waals surface area (Å²) in [7, 11) is 0. The lowest BCUT2D eigenvalue weighted by Crippen LogP contribution is -2.32. The second-order valence-electron chi connectivity index (χ2n) is 4.27. The van der Waals surface area contributed by atoms with Gasteiger partial charge in [-0.3, -0.25) is 4.79 Å². The summed E-state index contributed by atoms with van der Waals surface area (Å²) in [6.45, 7) is 2.17. The van der Waals surface area contributed by atoms with Crippen LogP contribution >= 0.6 is 11.3 Å². The lowest BCUT2D eigenvalue weighted by Gasteiger charge is -2.12. The number of thiophene rings is 1. The maximum atomic E-state index is 11.6. The molecule has 1 rings (SSSR count). The van der Waals surface area contributed by atoms with Gasteiger partial charge in [0.25, 0.3) is 0 Å². The Hall–Kier alpha value is -0.870. The quantitative estimate of drug-likeness (QED) is 0.749. The molecule has 0 saturated carbocycles. The molecular weight excluding hydrogens is 234 g/mol. The van der Waals surface area contributed by atoms with E-state index in [4.69, 9.17) is 5.11 Å². The fourth-order valence-electron chi connectivity index (χ4n) is 1.69. The fourth-order valence-corrected chi connectivity index (χ4v) is 2.45. The predicted octanol–water partition coefficient (Wildman–Crippen LogP) is 2.35. The van der Waals surface area contributed by atoms with Crippen LogP contribution in [0.3, 0.4) is 0 Å². The average Bonchev–Trinajstić information content (AvgIpc) is 2.79. The molecule has 4 heteroatoms. The van der Waals surface area contributed by atoms with Crippen LogP contribution in [0, 0.1) is 0 Å². The molecule has 0 aliphatic rings. The van der Waals surface area contributed by atoms with Crippen LogP contribution in [0.25, 0.3) is 0 Å². The molecule has 0 aliphatic heterocycles. The first kappa shape index (κ1) is 14.2. The third-order valence-corrected chi connectivity index (χ3v) is 3.55. The van der Waals surface area contributed by atoms with E-state index in [1.165, 1.54) is 4.88 Å². The molecule has 0 radical (unpaired) electrons. The molecule has 0 saturated heterocycles. The number of nitrogens with one attached hydrogen (secondary N) is 1. The molecule has 0 aromatic carbocycles. The molecule has 3 nitrogen and oxygen atoms in total. The lowest BCUT2D eigenvalue weighted by atomic mass is 10.1. The Kier molecular flexibility index (Phi) is 6.89. The van der Waals surface area contributed by atoms with Gasteiger partial charge in [0.1, 0.15) is 0 Å². The van der Waals surface area contributed by atoms with Crippen molar-refractivity contribution in [2.45, 2.75) is 45.1 Å². The van der Waals surface area contributed by atoms with Crippen molar-refractivity contribution in [2.75, 3.05) is 6.61 Å². The smallest absolute Gasteiger partial charge is 0.220 e. The Labute approximate surface area is 107 Å². The summed E-state index contributed by atoms with van der Waals surface area (Å²) in [6.07, 6.45) is 4.06. The first-order valence-electron chi connectivity index (χ1n) is 6.15. The van der Waals surface area contributed by atoms with Crippen LogP contribution in [0.1, 0.15) is 37.5 Å². The maximum Gasteiger partial charge on any atom is 0.220 e. The van der Waals surface area contributed by atoms with Crippen LogP contribution in [0.2, 0.25) is 0 Å². The number of aryl methyl sites for hydroxylation is 1. The standard InChI is InChI=1S/C13H21NO2S/c1-11(5-3-9-15)14-13(16)8-2-6-12-7-4-10-17-12/h4,7,10-11,15H,2-3,5-6,8-9H2,1H3,(H,14,16). The van der Waals surface area contributed by atoms with Gasteiger partial charge in [-0.15, -0.1) is 11.3 Å². The summed E-state index contributed by atoms with van der Waals surface area (Å²) >= 11 is 1.74. The zero-order valence-corrected chi connectivity index (χ0v) is 11.1. The number of aliphatic hydroxyl groups excluding tert-OH is 1. The highest BCUT2D eigenvalue weighted by molar-refractivity contribution is 7.09. The highest BCUT2D eigenvalue weighted by Gasteiger charge is 2.06. The number of hydrogen-bond acceptors (Lipinski definition) is 3. The summed E-state index contributed by atoms with van der Waals surface area (Å²) < 4.78 is 0. The predicted molar refractivity (Wildman–Crippen MR) is 71.2 cm³/mol. The van der Waals surface area contributed by atoms with E-state index in [1.54, 1.807) is 11.3 Å². The Morgan fingerprint density at radius 3 is 3.00 bits per heavy atom. The number of amides is 1. The Morgan fingerprint density at radius 1 is 1.53 bits per heavy atom. The van der Waals surface area contributed by atoms with Crippen LogP contribution in [-0.4, -0.2) is 23.7 Å². The van der Waals surface area contributed by atoms with Crippen molar-refractivity contribution >= 4 is 17.2 Å². The van der Waals surface area contributed by atoms with Gasteiger partial charge in [-0.25, -0.2) is 0 Å². The molecule has 1 unspecified atom stereocenters. The molecule has 0 aliphatic carbocycles. The molecule has 96 valence electrons. The van der Waals surface area contributed by atoms with Gasteiger partial charge < -0.3 is 10.4 Å². The first-order chi connectivity index (χ1) is 8.22. The van der Waals surface area contributed by atoms with Crippen LogP contribution in [0.15, 0.2) is 17.5 Å². The summed E-state index contributed by atoms with van der Waals surface area (Å²) in [5.41, 5.74) is 0. The third-order valence-electron chi connectivity index (χ3n) is 2.61. The molecule has 2 N–H and O–H groups in total. The van der Waals surface area contributed by atoms with Gasteiger partial charge in [-0.2, -0.15) is 0 Å². The second-order valence-corrected chi connectivity index (χ2v) is 5.30. The van der Waals surface area contributed by atoms with Crippen molar-refractivity contribution in [1.82, 2.24) is 5.32 Å². The minimum Gasteiger partial charge on any atom is -0.396 e. The molecule has 1 aromatic rings. The minimum absolute atomic E-state index is 0.118. The van der Waals surface area contributed by atoms with Crippen molar-refractivity contribution in [3.05, 3.63) is 22.4 Å². The highest BCUT2D eigenvalue weighted by atomic mass is 32.1. The van der Waals surface area contributed by atoms with E-state index in [0.29, 0.717) is 6.42 Å². The first-order valence-corrected chi connectivity index (χ1v) is 7.03. The summed E-state index contributed by atoms with van der Waals surface area (Å²) in [4.78, 5) is 12.9. The lowest BCUT2D eigenvalue weighted by molar-refractivity contribution is -0.121. The van der Waals surface area contributed by atoms with Crippen LogP contribution < -0.4 is 5.32 Å². The van der Waals surface area contributed by atoms with Gasteiger partial charge in [0, 0.05) is 23.9 Å². The average molecular weight is 255 g/mol. The molecule has 0 fully saturated rings. The van der Waals surface area contributed by atoms with Gasteiger partial charge in [0.05, 0.1) is 0 Å². The van der Waals surface area contributed by atoms with E-state index in [0.717, 1.165) is 25.7 Å². The zero-order chi connectivity index (χ0) is 12.5. The molecule has 0 bridgehead atoms. The molecule has 1 aromatic heterocycles. The van der Waals surface area contributed by atoms with Gasteiger partial charge in [-0.05, 0) is 44.1 Å². The van der Waals surface area contributed by atoms with Gasteiger partial charge in [0.2, 0.25) is 5.91 Å². The molecule has 1 atom stereocenters. The minimum atomic E-state index is 0.118. The second kappa shape index (κ2) is 8.25. The van der Waals surface area contributed by atoms with Crippen molar-refractivity contribution < 1.29 is 9.90 Å². The summed E-state index contributed by atoms with van der Waals surface area (Å²) in [5.74, 6) is 0.118. The van der Waals surface area contributed by atoms with Crippen LogP contribution in [0.5, 0.6) is 0 Å². The Bertz CT molecular complexity index is 311. The van der Waals surface area contributed by atoms with Gasteiger partial charge in [0.15, 0.2) is 0 Å². The van der Waals surface area contributed by atoms with E-state index in [1.807, 2.05) is 13.0 Å². The molecule has 1 heterocycles. The van der Waals surface area contributed by atoms with E-state index >= 15 is 0 Å². The Morgan fingerprint density at radius 2 is 2.35 bits per heavy atom. The van der Waals surface area contributed by atoms with Gasteiger partial charge in [-0.1, -0.05) is 6.07 Å². The molecule has 1 amide bonds. The summed E-state index contributed by atoms with van der Waals surface area (Å²) in [6, 6.07) is 4.31. The molecule has 0 spiro atoms. The SMILES string of the molecule is CC(CCCO)NC(=O)CCCc1cccs1. The Balaban J connectivity index is 2.08. The number of carbonyl (C=O) groups excluding carboxylic acids is 1. The van der Waals surface area contributed by atoms with Crippen molar-refractivity contribution in [3.8, 4) is 0 Å². The van der Waals surface area contributed by atoms with E-state index in [2.05, 4.69) is 16.8 Å². The van der Waals surface area contributed by atoms with Crippen LogP contribution in [0.4, 0.5) is 0 Å². The molecule has 17 heavy (non-hydrogen) atoms. The number of hydrogen-bond donors (Lipinski definition) is 2. The fraction of sp³-hybridized carbons (Fsp3) is 0.615. The number of rotatable bonds is 8. The highest BCUT2D eigenvalue weighted by Crippen LogP contribution is 2.11. The van der Waals surface area contributed by atoms with Gasteiger partial charge >= 0.3 is 0 Å². The zero-order valence-electron chi connectivity index (χ0n) is 10.3. The van der Waals surface area contributed by atoms with Crippen molar-refractivity contribution in [1.29, 1.82) is 0 Å².